The smallest absolute Gasteiger partial charge is 1.00 e. The SMILES string of the molecule is Brc1[c-]cccc1.CC(C)(C)OC(=O)N1CCC(C=NS(=O)C(C)(C)C)CC1.CC(C)(C)OC(=O)N1CCC(C=O)CC1.CC(C)(C)OC(=O)N1CCC([C@@H](NS(=O)C(C)(C)C)c2ccccc2Br)CC1.CC(C)(C)OC(=O)N1CCC([C@H](NS(=O)C(C)(C)C)c2ccccc2Br)CC1.CC(C)(C)S(N)=O.OB(O)c1ccc(Cl)cc1.[Cl-].[Cl-].[Li+].[Mg+2]. The number of nitrogens with zero attached hydrogens (tertiary/aromatic N) is 5. The summed E-state index contributed by atoms with van der Waals surface area (Å²) >= 11 is 16.1. The predicted molar refractivity (Wildman–Crippen MR) is 492 cm³/mol. The standard InChI is InChI=1S/2C21H33BrN2O3S.C15H28N2O3S.C11H19NO3.C6H6BClO2.C6H4Br.C4H11NOS.2ClH.Li.Mg/c2*1-20(2,3)27-19(25)24-13-11-15(12-14-24)18(23-28(26)21(4,5)6)16-9-7-8-10-17(16)22;1-14(2,3)20-13(18)17-9-7-12(8-10-17)11-16-21(19)15(4,5)6;1-11(2,3)15-10(14)12-6-4-9(8-13)5-7-12;8-6-3-1-5(2-4-6)7(9)10;7-6-4-2-1-3-5-6;1-4(2,3)7(5)6;;;;/h2*7-10,15,18,23H,11-14H2,1-6H3;11-12H,7-10H2,1-6H3;8-9H,4-7H2,1-3H3;1-4,9-10H;1-4H;5H2,1-3H3;2*1H;;/q;;;;;-1;;;;+1;+2/p-2/t2*18-,28?;;;;;;;;;/m10........./s1. The van der Waals surface area contributed by atoms with Crippen LogP contribution in [0.2, 0.25) is 5.02 Å². The van der Waals surface area contributed by atoms with Crippen LogP contribution in [0.4, 0.5) is 19.2 Å². The number of aldehydes is 1. The number of amides is 4. The molecule has 4 aliphatic heterocycles. The van der Waals surface area contributed by atoms with Gasteiger partial charge in [-0.05, 0) is 276 Å². The van der Waals surface area contributed by atoms with E-state index in [1.807, 2.05) is 227 Å². The molecule has 0 spiro atoms. The zero-order chi connectivity index (χ0) is 88.7. The zero-order valence-corrected chi connectivity index (χ0v) is 87.1. The van der Waals surface area contributed by atoms with Gasteiger partial charge in [0.15, 0.2) is 0 Å². The third-order valence-electron chi connectivity index (χ3n) is 17.3. The minimum Gasteiger partial charge on any atom is -1.00 e. The summed E-state index contributed by atoms with van der Waals surface area (Å²) in [5, 5.41) is 22.9. The van der Waals surface area contributed by atoms with E-state index in [1.54, 1.807) is 50.1 Å². The van der Waals surface area contributed by atoms with Gasteiger partial charge >= 0.3 is 73.4 Å². The number of carbonyl (C=O) groups excluding carboxylic acids is 5. The fourth-order valence-corrected chi connectivity index (χ4v) is 14.6. The van der Waals surface area contributed by atoms with Crippen LogP contribution in [0.5, 0.6) is 0 Å². The summed E-state index contributed by atoms with van der Waals surface area (Å²) in [7, 11) is -6.16. The predicted octanol–water partition coefficient (Wildman–Crippen LogP) is 8.68. The van der Waals surface area contributed by atoms with Crippen molar-refractivity contribution in [3.8, 4) is 0 Å². The topological polar surface area (TPSA) is 306 Å². The maximum absolute atomic E-state index is 12.8. The first-order valence-electron chi connectivity index (χ1n) is 39.3. The number of halogens is 6. The van der Waals surface area contributed by atoms with E-state index in [-0.39, 0.29) is 146 Å². The van der Waals surface area contributed by atoms with Crippen LogP contribution in [-0.4, -0.2) is 207 Å². The molecule has 0 aliphatic carbocycles. The van der Waals surface area contributed by atoms with Gasteiger partial charge in [-0.25, -0.2) is 45.5 Å². The molecule has 4 saturated heterocycles. The van der Waals surface area contributed by atoms with Crippen LogP contribution >= 0.6 is 59.4 Å². The van der Waals surface area contributed by atoms with Gasteiger partial charge < -0.3 is 78.2 Å². The van der Waals surface area contributed by atoms with Crippen molar-refractivity contribution in [1.29, 1.82) is 0 Å². The van der Waals surface area contributed by atoms with Gasteiger partial charge in [-0.1, -0.05) is 112 Å². The van der Waals surface area contributed by atoms with Crippen LogP contribution < -0.4 is 63.7 Å². The van der Waals surface area contributed by atoms with E-state index in [4.69, 9.17) is 45.7 Å². The Bertz CT molecular complexity index is 3680. The van der Waals surface area contributed by atoms with Gasteiger partial charge in [-0.3, -0.25) is 5.14 Å². The number of rotatable bonds is 12. The maximum Gasteiger partial charge on any atom is 2.00 e. The first-order valence-corrected chi connectivity index (χ1v) is 46.7. The van der Waals surface area contributed by atoms with Crippen molar-refractivity contribution in [3.05, 3.63) is 133 Å². The van der Waals surface area contributed by atoms with E-state index < -0.39 is 73.5 Å². The van der Waals surface area contributed by atoms with Crippen molar-refractivity contribution in [3.63, 3.8) is 0 Å². The minimum absolute atomic E-state index is 0. The van der Waals surface area contributed by atoms with E-state index in [0.29, 0.717) is 62.8 Å². The molecule has 4 heterocycles. The molecule has 36 heteroatoms. The van der Waals surface area contributed by atoms with Crippen LogP contribution in [0.3, 0.4) is 0 Å². The summed E-state index contributed by atoms with van der Waals surface area (Å²) in [6, 6.07) is 33.0. The van der Waals surface area contributed by atoms with Gasteiger partial charge in [-0.2, -0.15) is 34.7 Å². The van der Waals surface area contributed by atoms with Crippen molar-refractivity contribution in [2.24, 2.45) is 33.2 Å². The second-order valence-electron chi connectivity index (χ2n) is 36.5. The summed E-state index contributed by atoms with van der Waals surface area (Å²) in [6.07, 6.45) is 8.25. The van der Waals surface area contributed by atoms with Gasteiger partial charge in [0, 0.05) is 90.5 Å². The summed E-state index contributed by atoms with van der Waals surface area (Å²) in [4.78, 5) is 65.8. The van der Waals surface area contributed by atoms with Gasteiger partial charge in [0.1, 0.15) is 39.7 Å². The normalized spacial score (nSPS) is 16.8. The number of likely N-dealkylation sites (tertiary alicyclic amines) is 4. The molecule has 120 heavy (non-hydrogen) atoms. The molecule has 8 rings (SSSR count). The number of benzene rings is 4. The van der Waals surface area contributed by atoms with E-state index in [1.165, 1.54) is 0 Å². The Hall–Kier alpha value is -2.56. The Morgan fingerprint density at radius 1 is 0.492 bits per heavy atom. The molecule has 4 aliphatic rings. The van der Waals surface area contributed by atoms with E-state index in [2.05, 4.69) is 79.8 Å². The Balaban J connectivity index is -0.00000139. The largest absolute Gasteiger partial charge is 2.00 e. The molecule has 4 amide bonds. The number of piperidine rings is 4. The molecule has 0 radical (unpaired) electrons. The van der Waals surface area contributed by atoms with Crippen molar-refractivity contribution in [2.75, 3.05) is 52.4 Å². The Kier molecular flexibility index (Phi) is 57.4. The van der Waals surface area contributed by atoms with E-state index in [9.17, 15) is 40.8 Å². The van der Waals surface area contributed by atoms with Crippen LogP contribution in [0.25, 0.3) is 0 Å². The zero-order valence-electron chi connectivity index (χ0n) is 75.4. The molecule has 4 aromatic carbocycles. The third kappa shape index (κ3) is 50.8. The fourth-order valence-electron chi connectivity index (χ4n) is 10.8. The summed E-state index contributed by atoms with van der Waals surface area (Å²) < 4.78 is 82.1. The summed E-state index contributed by atoms with van der Waals surface area (Å²) in [6.45, 7) is 50.6. The molecule has 4 aromatic rings. The molecule has 4 fully saturated rings. The van der Waals surface area contributed by atoms with Crippen LogP contribution in [0, 0.1) is 29.7 Å². The fraction of sp³-hybridized carbons (Fsp3) is 0.643. The third-order valence-corrected chi connectivity index (χ3v) is 25.2. The number of hydrogen-bond donors (Lipinski definition) is 5. The molecule has 6 atom stereocenters. The maximum atomic E-state index is 12.8. The number of nitrogens with two attached hydrogens (primary N) is 1. The average molecular weight is 2010 g/mol. The second-order valence-corrected chi connectivity index (χ2v) is 47.3. The second kappa shape index (κ2) is 56.7. The van der Waals surface area contributed by atoms with E-state index in [0.717, 1.165) is 82.2 Å². The van der Waals surface area contributed by atoms with Gasteiger partial charge in [0.05, 0.1) is 51.9 Å². The van der Waals surface area contributed by atoms with Gasteiger partial charge in [0.2, 0.25) is 0 Å². The molecule has 4 unspecified atom stereocenters. The number of hydrogen-bond acceptors (Lipinski definition) is 15. The van der Waals surface area contributed by atoms with Gasteiger partial charge in [0.25, 0.3) is 0 Å². The quantitative estimate of drug-likeness (QED) is 0.0291. The monoisotopic (exact) mass is 2010 g/mol. The Labute approximate surface area is 799 Å². The molecule has 672 valence electrons. The molecular weight excluding hydrogens is 1880 g/mol. The summed E-state index contributed by atoms with van der Waals surface area (Å²) in [5.41, 5.74) is 0.779. The summed E-state index contributed by atoms with van der Waals surface area (Å²) in [5.74, 6) is 0.964. The molecule has 23 nitrogen and oxygen atoms in total. The first kappa shape index (κ1) is 122. The van der Waals surface area contributed by atoms with Crippen LogP contribution in [0.15, 0.2) is 115 Å². The molecule has 0 saturated carbocycles. The minimum atomic E-state index is -1.41. The number of nitrogens with one attached hydrogen (secondary N) is 2. The van der Waals surface area contributed by atoms with Crippen molar-refractivity contribution < 1.29 is 113 Å². The van der Waals surface area contributed by atoms with Crippen LogP contribution in [-0.2, 0) is 67.7 Å². The van der Waals surface area contributed by atoms with Gasteiger partial charge in [-0.15, -0.1) is 0 Å². The average Bonchev–Trinajstić information content (AvgIpc) is 0.812. The number of carbonyl (C=O) groups is 5. The van der Waals surface area contributed by atoms with Crippen molar-refractivity contribution in [1.82, 2.24) is 29.0 Å². The van der Waals surface area contributed by atoms with E-state index >= 15 is 0 Å². The molecular formula is C84H134BBr3Cl3LiMgN8O15S4. The number of ether oxygens (including phenoxy) is 4. The molecule has 0 aromatic heterocycles. The van der Waals surface area contributed by atoms with Crippen LogP contribution in [0.1, 0.15) is 241 Å². The van der Waals surface area contributed by atoms with Crippen molar-refractivity contribution >= 4 is 176 Å². The Morgan fingerprint density at radius 3 is 1.02 bits per heavy atom. The van der Waals surface area contributed by atoms with Crippen molar-refractivity contribution in [2.45, 2.75) is 271 Å². The Morgan fingerprint density at radius 2 is 0.783 bits per heavy atom. The molecule has 0 bridgehead atoms. The molecule has 6 N–H and O–H groups in total. The first-order chi connectivity index (χ1) is 53.2.